The van der Waals surface area contributed by atoms with E-state index < -0.39 is 0 Å². The Morgan fingerprint density at radius 3 is 2.48 bits per heavy atom. The van der Waals surface area contributed by atoms with Crippen LogP contribution in [0.25, 0.3) is 0 Å². The zero-order valence-electron chi connectivity index (χ0n) is 12.0. The zero-order chi connectivity index (χ0) is 15.1. The molecular weight excluding hydrogens is 280 g/mol. The smallest absolute Gasteiger partial charge is 0.102 e. The highest BCUT2D eigenvalue weighted by atomic mass is 32.2. The molecule has 0 aromatic heterocycles. The summed E-state index contributed by atoms with van der Waals surface area (Å²) in [7, 11) is 0. The molecule has 0 unspecified atom stereocenters. The molecule has 3 nitrogen and oxygen atoms in total. The quantitative estimate of drug-likeness (QED) is 0.797. The number of aliphatic hydroxyl groups is 1. The molecule has 108 valence electrons. The van der Waals surface area contributed by atoms with E-state index in [0.717, 1.165) is 27.5 Å². The second kappa shape index (κ2) is 7.72. The number of hydrogen-bond acceptors (Lipinski definition) is 4. The van der Waals surface area contributed by atoms with E-state index in [0.29, 0.717) is 12.1 Å². The molecular formula is C17H18N2OS. The molecule has 0 atom stereocenters. The van der Waals surface area contributed by atoms with E-state index in [1.165, 1.54) is 0 Å². The maximum Gasteiger partial charge on any atom is 0.102 e. The van der Waals surface area contributed by atoms with Crippen molar-refractivity contribution in [1.82, 2.24) is 0 Å². The first kappa shape index (κ1) is 15.4. The van der Waals surface area contributed by atoms with Crippen molar-refractivity contribution in [2.24, 2.45) is 0 Å². The number of nitrogens with zero attached hydrogens (tertiary/aromatic N) is 1. The molecule has 0 heterocycles. The van der Waals surface area contributed by atoms with Crippen LogP contribution in [0.5, 0.6) is 0 Å². The third kappa shape index (κ3) is 4.01. The predicted octanol–water partition coefficient (Wildman–Crippen LogP) is 3.77. The van der Waals surface area contributed by atoms with Gasteiger partial charge in [-0.3, -0.25) is 0 Å². The van der Waals surface area contributed by atoms with Gasteiger partial charge < -0.3 is 10.4 Å². The average Bonchev–Trinajstić information content (AvgIpc) is 2.54. The Morgan fingerprint density at radius 2 is 1.86 bits per heavy atom. The van der Waals surface area contributed by atoms with Crippen molar-refractivity contribution < 1.29 is 5.11 Å². The maximum absolute atomic E-state index is 9.36. The molecule has 21 heavy (non-hydrogen) atoms. The molecule has 2 aromatic rings. The van der Waals surface area contributed by atoms with Crippen LogP contribution < -0.4 is 5.32 Å². The molecule has 0 radical (unpaired) electrons. The van der Waals surface area contributed by atoms with E-state index in [1.807, 2.05) is 42.5 Å². The van der Waals surface area contributed by atoms with Gasteiger partial charge in [-0.15, -0.1) is 11.8 Å². The monoisotopic (exact) mass is 298 g/mol. The highest BCUT2D eigenvalue weighted by Gasteiger charge is 2.07. The van der Waals surface area contributed by atoms with Crippen molar-refractivity contribution >= 4 is 17.4 Å². The molecule has 0 aliphatic carbocycles. The minimum atomic E-state index is 0.0581. The molecule has 0 fully saturated rings. The average molecular weight is 298 g/mol. The van der Waals surface area contributed by atoms with Crippen LogP contribution in [0.4, 0.5) is 5.69 Å². The lowest BCUT2D eigenvalue weighted by atomic mass is 10.1. The Balaban J connectivity index is 2.12. The van der Waals surface area contributed by atoms with Gasteiger partial charge in [0.2, 0.25) is 0 Å². The van der Waals surface area contributed by atoms with Crippen molar-refractivity contribution in [1.29, 1.82) is 5.26 Å². The number of rotatable bonds is 6. The van der Waals surface area contributed by atoms with E-state index in [4.69, 9.17) is 5.11 Å². The Hall–Kier alpha value is -1.96. The van der Waals surface area contributed by atoms with E-state index in [9.17, 15) is 5.26 Å². The highest BCUT2D eigenvalue weighted by molar-refractivity contribution is 7.99. The fourth-order valence-corrected chi connectivity index (χ4v) is 2.82. The minimum absolute atomic E-state index is 0.0581. The second-order valence-electron chi connectivity index (χ2n) is 4.55. The van der Waals surface area contributed by atoms with Gasteiger partial charge in [-0.2, -0.15) is 5.26 Å². The van der Waals surface area contributed by atoms with Gasteiger partial charge in [-0.05, 0) is 29.0 Å². The third-order valence-electron chi connectivity index (χ3n) is 3.13. The number of hydrogen-bond donors (Lipinski definition) is 2. The number of nitriles is 1. The van der Waals surface area contributed by atoms with Gasteiger partial charge in [0.1, 0.15) is 6.07 Å². The molecule has 0 amide bonds. The summed E-state index contributed by atoms with van der Waals surface area (Å²) in [5.74, 6) is 0.945. The molecule has 0 aliphatic rings. The van der Waals surface area contributed by atoms with E-state index in [2.05, 4.69) is 18.3 Å². The van der Waals surface area contributed by atoms with Crippen LogP contribution in [0.1, 0.15) is 23.6 Å². The SMILES string of the molecule is CCSc1cccc(NCc2ccc(CO)cc2)c1C#N. The number of nitrogens with one attached hydrogen (secondary N) is 1. The van der Waals surface area contributed by atoms with Gasteiger partial charge in [0.15, 0.2) is 0 Å². The summed E-state index contributed by atoms with van der Waals surface area (Å²) in [6, 6.07) is 15.9. The number of thioether (sulfide) groups is 1. The van der Waals surface area contributed by atoms with Crippen LogP contribution in [-0.2, 0) is 13.2 Å². The summed E-state index contributed by atoms with van der Waals surface area (Å²) in [6.07, 6.45) is 0. The Kier molecular flexibility index (Phi) is 5.68. The second-order valence-corrected chi connectivity index (χ2v) is 5.86. The molecule has 0 saturated heterocycles. The van der Waals surface area contributed by atoms with Gasteiger partial charge in [0.05, 0.1) is 17.9 Å². The molecule has 2 aromatic carbocycles. The van der Waals surface area contributed by atoms with Crippen LogP contribution in [0, 0.1) is 11.3 Å². The number of benzene rings is 2. The summed E-state index contributed by atoms with van der Waals surface area (Å²) in [4.78, 5) is 1.01. The summed E-state index contributed by atoms with van der Waals surface area (Å²) < 4.78 is 0. The summed E-state index contributed by atoms with van der Waals surface area (Å²) in [5, 5.41) is 21.7. The highest BCUT2D eigenvalue weighted by Crippen LogP contribution is 2.28. The maximum atomic E-state index is 9.36. The molecule has 0 saturated carbocycles. The fraction of sp³-hybridized carbons (Fsp3) is 0.235. The normalized spacial score (nSPS) is 10.1. The van der Waals surface area contributed by atoms with Gasteiger partial charge in [0.25, 0.3) is 0 Å². The van der Waals surface area contributed by atoms with Crippen LogP contribution in [-0.4, -0.2) is 10.9 Å². The topological polar surface area (TPSA) is 56.0 Å². The van der Waals surface area contributed by atoms with Crippen LogP contribution in [0.3, 0.4) is 0 Å². The first-order valence-corrected chi connectivity index (χ1v) is 7.85. The molecule has 0 bridgehead atoms. The Bertz CT molecular complexity index is 632. The lowest BCUT2D eigenvalue weighted by Crippen LogP contribution is -2.02. The van der Waals surface area contributed by atoms with Crippen molar-refractivity contribution in [3.63, 3.8) is 0 Å². The Labute approximate surface area is 129 Å². The molecule has 2 rings (SSSR count). The van der Waals surface area contributed by atoms with Gasteiger partial charge in [-0.1, -0.05) is 37.3 Å². The van der Waals surface area contributed by atoms with Crippen molar-refractivity contribution in [2.45, 2.75) is 25.0 Å². The molecule has 0 spiro atoms. The van der Waals surface area contributed by atoms with Crippen LogP contribution in [0.2, 0.25) is 0 Å². The first-order valence-electron chi connectivity index (χ1n) is 6.87. The van der Waals surface area contributed by atoms with E-state index >= 15 is 0 Å². The van der Waals surface area contributed by atoms with Crippen LogP contribution in [0.15, 0.2) is 47.4 Å². The molecule has 4 heteroatoms. The van der Waals surface area contributed by atoms with Crippen molar-refractivity contribution in [2.75, 3.05) is 11.1 Å². The van der Waals surface area contributed by atoms with Gasteiger partial charge in [-0.25, -0.2) is 0 Å². The Morgan fingerprint density at radius 1 is 1.14 bits per heavy atom. The predicted molar refractivity (Wildman–Crippen MR) is 87.2 cm³/mol. The molecule has 2 N–H and O–H groups in total. The standard InChI is InChI=1S/C17H18N2OS/c1-2-21-17-5-3-4-16(15(17)10-18)19-11-13-6-8-14(12-20)9-7-13/h3-9,19-20H,2,11-12H2,1H3. The molecule has 0 aliphatic heterocycles. The van der Waals surface area contributed by atoms with Crippen molar-refractivity contribution in [3.8, 4) is 6.07 Å². The van der Waals surface area contributed by atoms with Crippen molar-refractivity contribution in [3.05, 3.63) is 59.2 Å². The summed E-state index contributed by atoms with van der Waals surface area (Å²) >= 11 is 1.68. The van der Waals surface area contributed by atoms with Crippen LogP contribution >= 0.6 is 11.8 Å². The number of aliphatic hydroxyl groups excluding tert-OH is 1. The fourth-order valence-electron chi connectivity index (χ4n) is 2.03. The largest absolute Gasteiger partial charge is 0.392 e. The van der Waals surface area contributed by atoms with Gasteiger partial charge in [0, 0.05) is 11.4 Å². The lowest BCUT2D eigenvalue weighted by molar-refractivity contribution is 0.282. The summed E-state index contributed by atoms with van der Waals surface area (Å²) in [6.45, 7) is 2.79. The van der Waals surface area contributed by atoms with E-state index in [1.54, 1.807) is 11.8 Å². The lowest BCUT2D eigenvalue weighted by Gasteiger charge is -2.11. The first-order chi connectivity index (χ1) is 10.3. The minimum Gasteiger partial charge on any atom is -0.392 e. The summed E-state index contributed by atoms with van der Waals surface area (Å²) in [5.41, 5.74) is 3.58. The zero-order valence-corrected chi connectivity index (χ0v) is 12.8. The van der Waals surface area contributed by atoms with E-state index in [-0.39, 0.29) is 6.61 Å². The third-order valence-corrected chi connectivity index (χ3v) is 4.07. The van der Waals surface area contributed by atoms with Gasteiger partial charge >= 0.3 is 0 Å². The number of anilines is 1.